The Kier molecular flexibility index (Phi) is 23.0. The Labute approximate surface area is 434 Å². The van der Waals surface area contributed by atoms with Crippen LogP contribution in [-0.4, -0.2) is 151 Å². The molecule has 16 N–H and O–H groups in total. The average Bonchev–Trinajstić information content (AvgIpc) is 4.07. The summed E-state index contributed by atoms with van der Waals surface area (Å²) >= 11 is 0. The summed E-state index contributed by atoms with van der Waals surface area (Å²) in [6.07, 6.45) is 2.62. The first kappa shape index (κ1) is 59.5. The van der Waals surface area contributed by atoms with Crippen LogP contribution in [0.2, 0.25) is 0 Å². The van der Waals surface area contributed by atoms with Gasteiger partial charge >= 0.3 is 11.9 Å². The van der Waals surface area contributed by atoms with Crippen molar-refractivity contribution in [1.29, 1.82) is 0 Å². The van der Waals surface area contributed by atoms with E-state index in [0.29, 0.717) is 23.2 Å². The largest absolute Gasteiger partial charge is 0.508 e. The number of carbonyl (C=O) groups excluding carboxylic acids is 7. The van der Waals surface area contributed by atoms with Crippen LogP contribution < -0.4 is 49.1 Å². The summed E-state index contributed by atoms with van der Waals surface area (Å²) in [5, 5.41) is 45.1. The number of nitrogens with one attached hydrogen (secondary N) is 7. The molecule has 0 bridgehead atoms. The van der Waals surface area contributed by atoms with Crippen molar-refractivity contribution < 1.29 is 58.5 Å². The number of hydrogen-bond acceptors (Lipinski definition) is 13. The number of aromatic amines is 1. The molecule has 0 radical (unpaired) electrons. The summed E-state index contributed by atoms with van der Waals surface area (Å²) in [4.78, 5) is 134. The van der Waals surface area contributed by atoms with E-state index in [-0.39, 0.29) is 75.7 Å². The monoisotopic (exact) mass is 1050 g/mol. The third-order valence-electron chi connectivity index (χ3n) is 12.2. The number of phenolic OH excluding ortho intramolecular Hbond substituents is 1. The molecule has 0 saturated carbocycles. The minimum absolute atomic E-state index is 0.00187. The smallest absolute Gasteiger partial charge is 0.326 e. The number of phenols is 1. The summed E-state index contributed by atoms with van der Waals surface area (Å²) in [6, 6.07) is 3.97. The molecule has 1 aliphatic heterocycles. The molecule has 1 aliphatic rings. The molecule has 0 unspecified atom stereocenters. The fourth-order valence-corrected chi connectivity index (χ4v) is 8.34. The van der Waals surface area contributed by atoms with Crippen LogP contribution in [0.25, 0.3) is 0 Å². The predicted octanol–water partition coefficient (Wildman–Crippen LogP) is -1.31. The molecule has 1 aromatic heterocycles. The number of carbonyl (C=O) groups is 9. The molecule has 4 rings (SSSR count). The Hall–Kier alpha value is -8.09. The number of guanidine groups is 1. The van der Waals surface area contributed by atoms with E-state index in [1.165, 1.54) is 41.7 Å². The zero-order valence-corrected chi connectivity index (χ0v) is 42.5. The number of aromatic hydroxyl groups is 1. The van der Waals surface area contributed by atoms with Crippen molar-refractivity contribution in [1.82, 2.24) is 46.8 Å². The van der Waals surface area contributed by atoms with Crippen molar-refractivity contribution in [3.63, 3.8) is 0 Å². The SMILES string of the molecule is CC(C)C[C@H](NC(=O)[C@H](Cc1ccc(O)cc1)NC(=O)[C@@H](NC(=O)[C@H](CCCN=C(N)N)NC(=O)[C@@H](N)CC(=O)O)C(C)C)C(=O)N[C@@H](Cc1cnc[nH]1)C(=O)N1CCC[C@H]1C(=O)N[C@@H](Cc1ccccc1)C(=O)O. The number of amides is 7. The number of likely N-dealkylation sites (tertiary alicyclic amines) is 1. The van der Waals surface area contributed by atoms with Crippen molar-refractivity contribution in [3.05, 3.63) is 83.9 Å². The number of hydrogen-bond donors (Lipinski definition) is 13. The van der Waals surface area contributed by atoms with Gasteiger partial charge in [0.1, 0.15) is 48.0 Å². The lowest BCUT2D eigenvalue weighted by molar-refractivity contribution is -0.145. The summed E-state index contributed by atoms with van der Waals surface area (Å²) in [6.45, 7) is 7.03. The van der Waals surface area contributed by atoms with Gasteiger partial charge in [-0.05, 0) is 67.2 Å². The van der Waals surface area contributed by atoms with Gasteiger partial charge in [-0.15, -0.1) is 0 Å². The number of H-pyrrole nitrogens is 1. The third-order valence-corrected chi connectivity index (χ3v) is 12.2. The van der Waals surface area contributed by atoms with Crippen LogP contribution in [0.4, 0.5) is 0 Å². The molecule has 0 aliphatic carbocycles. The first-order valence-corrected chi connectivity index (χ1v) is 24.7. The maximum Gasteiger partial charge on any atom is 0.326 e. The summed E-state index contributed by atoms with van der Waals surface area (Å²) in [5.74, 6) is -9.29. The van der Waals surface area contributed by atoms with Gasteiger partial charge in [-0.2, -0.15) is 0 Å². The predicted molar refractivity (Wildman–Crippen MR) is 273 cm³/mol. The van der Waals surface area contributed by atoms with Gasteiger partial charge in [0, 0.05) is 44.2 Å². The second-order valence-corrected chi connectivity index (χ2v) is 19.2. The number of aliphatic carboxylic acids is 2. The molecule has 25 nitrogen and oxygen atoms in total. The standard InChI is InChI=1S/C50H71N13O12/c1-27(2)20-35(44(69)60-37(23-31-25-54-26-56-31)48(73)63-19-9-13-39(63)46(71)61-38(49(74)75)22-29-10-6-5-7-11-29)58-45(70)36(21-30-14-16-32(64)17-15-30)59-47(72)41(28(3)4)62-43(68)34(12-8-18-55-50(52)53)57-42(67)33(51)24-40(65)66/h5-7,10-11,14-17,25-28,33-39,41,64H,8-9,12-13,18-24,51H2,1-4H3,(H,54,56)(H,57,67)(H,58,70)(H,59,72)(H,60,69)(H,61,71)(H,62,68)(H,65,66)(H,74,75)(H4,52,53,55)/t33-,34-,35-,36-,37-,38-,39-,41-/m0/s1. The van der Waals surface area contributed by atoms with Crippen molar-refractivity contribution in [3.8, 4) is 5.75 Å². The topological polar surface area (TPSA) is 409 Å². The van der Waals surface area contributed by atoms with Crippen molar-refractivity contribution in [2.75, 3.05) is 13.1 Å². The third kappa shape index (κ3) is 19.4. The highest BCUT2D eigenvalue weighted by Crippen LogP contribution is 2.21. The maximum absolute atomic E-state index is 14.5. The van der Waals surface area contributed by atoms with Crippen molar-refractivity contribution in [2.24, 2.45) is 34.0 Å². The Morgan fingerprint density at radius 1 is 0.733 bits per heavy atom. The second kappa shape index (κ2) is 29.0. The number of carboxylic acid groups (broad SMARTS) is 2. The number of carboxylic acids is 2. The Bertz CT molecular complexity index is 2450. The molecule has 1 fully saturated rings. The molecule has 25 heteroatoms. The Morgan fingerprint density at radius 2 is 1.33 bits per heavy atom. The molecule has 2 heterocycles. The second-order valence-electron chi connectivity index (χ2n) is 19.2. The van der Waals surface area contributed by atoms with E-state index in [1.807, 2.05) is 0 Å². The Morgan fingerprint density at radius 3 is 1.93 bits per heavy atom. The summed E-state index contributed by atoms with van der Waals surface area (Å²) < 4.78 is 0. The average molecular weight is 1050 g/mol. The molecule has 1 saturated heterocycles. The van der Waals surface area contributed by atoms with Crippen LogP contribution in [-0.2, 0) is 62.4 Å². The van der Waals surface area contributed by atoms with Crippen molar-refractivity contribution in [2.45, 2.75) is 134 Å². The van der Waals surface area contributed by atoms with Crippen LogP contribution in [0.15, 0.2) is 72.1 Å². The van der Waals surface area contributed by atoms with E-state index in [4.69, 9.17) is 17.2 Å². The number of imidazole rings is 1. The van der Waals surface area contributed by atoms with E-state index in [1.54, 1.807) is 58.0 Å². The lowest BCUT2D eigenvalue weighted by atomic mass is 9.98. The zero-order valence-electron chi connectivity index (χ0n) is 42.5. The molecule has 75 heavy (non-hydrogen) atoms. The molecular formula is C50H71N13O12. The van der Waals surface area contributed by atoms with Gasteiger partial charge in [-0.3, -0.25) is 43.3 Å². The van der Waals surface area contributed by atoms with E-state index in [2.05, 4.69) is 46.9 Å². The van der Waals surface area contributed by atoms with Crippen molar-refractivity contribution >= 4 is 59.2 Å². The fourth-order valence-electron chi connectivity index (χ4n) is 8.34. The molecule has 7 amide bonds. The number of aliphatic imine (C=N–C) groups is 1. The van der Waals surface area contributed by atoms with Gasteiger partial charge in [0.05, 0.1) is 18.8 Å². The van der Waals surface area contributed by atoms with Crippen LogP contribution in [0.3, 0.4) is 0 Å². The minimum Gasteiger partial charge on any atom is -0.508 e. The van der Waals surface area contributed by atoms with Crippen LogP contribution in [0, 0.1) is 11.8 Å². The Balaban J connectivity index is 1.59. The highest BCUT2D eigenvalue weighted by molar-refractivity contribution is 5.98. The van der Waals surface area contributed by atoms with Gasteiger partial charge in [0.2, 0.25) is 41.4 Å². The highest BCUT2D eigenvalue weighted by atomic mass is 16.4. The number of benzene rings is 2. The van der Waals surface area contributed by atoms with Gasteiger partial charge in [0.25, 0.3) is 0 Å². The van der Waals surface area contributed by atoms with Gasteiger partial charge in [-0.25, -0.2) is 9.78 Å². The van der Waals surface area contributed by atoms with Gasteiger partial charge < -0.3 is 74.3 Å². The molecule has 0 spiro atoms. The fraction of sp³-hybridized carbons (Fsp3) is 0.500. The van der Waals surface area contributed by atoms with Gasteiger partial charge in [0.15, 0.2) is 5.96 Å². The lowest BCUT2D eigenvalue weighted by Gasteiger charge is -2.31. The van der Waals surface area contributed by atoms with E-state index in [9.17, 15) is 58.5 Å². The summed E-state index contributed by atoms with van der Waals surface area (Å²) in [7, 11) is 0. The van der Waals surface area contributed by atoms with Crippen LogP contribution >= 0.6 is 0 Å². The number of nitrogens with two attached hydrogens (primary N) is 3. The number of rotatable bonds is 29. The molecule has 408 valence electrons. The van der Waals surface area contributed by atoms with Crippen LogP contribution in [0.1, 0.15) is 83.0 Å². The molecule has 8 atom stereocenters. The summed E-state index contributed by atoms with van der Waals surface area (Å²) in [5.41, 5.74) is 18.2. The zero-order chi connectivity index (χ0) is 55.4. The van der Waals surface area contributed by atoms with E-state index in [0.717, 1.165) is 0 Å². The quantitative estimate of drug-likeness (QED) is 0.0218. The normalized spacial score (nSPS) is 16.0. The van der Waals surface area contributed by atoms with Crippen LogP contribution in [0.5, 0.6) is 5.75 Å². The highest BCUT2D eigenvalue weighted by Gasteiger charge is 2.40. The molecule has 2 aromatic carbocycles. The van der Waals surface area contributed by atoms with E-state index >= 15 is 0 Å². The lowest BCUT2D eigenvalue weighted by Crippen LogP contribution is -2.61. The number of nitrogens with zero attached hydrogens (tertiary/aromatic N) is 3. The first-order chi connectivity index (χ1) is 35.5. The van der Waals surface area contributed by atoms with E-state index < -0.39 is 114 Å². The maximum atomic E-state index is 14.5. The van der Waals surface area contributed by atoms with Gasteiger partial charge in [-0.1, -0.05) is 70.2 Å². The first-order valence-electron chi connectivity index (χ1n) is 24.7. The molecule has 3 aromatic rings. The molecular weight excluding hydrogens is 975 g/mol. The number of aromatic nitrogens is 2. The minimum atomic E-state index is -1.51.